The van der Waals surface area contributed by atoms with Crippen molar-refractivity contribution in [3.63, 3.8) is 0 Å². The van der Waals surface area contributed by atoms with Gasteiger partial charge >= 0.3 is 0 Å². The molecule has 1 N–H and O–H groups in total. The van der Waals surface area contributed by atoms with Crippen LogP contribution in [0.4, 0.5) is 0 Å². The third kappa shape index (κ3) is 2.65. The molecule has 1 aromatic rings. The lowest BCUT2D eigenvalue weighted by atomic mass is 9.68. The van der Waals surface area contributed by atoms with Crippen LogP contribution in [-0.4, -0.2) is 11.2 Å². The van der Waals surface area contributed by atoms with E-state index >= 15 is 0 Å². The minimum absolute atomic E-state index is 0.123. The summed E-state index contributed by atoms with van der Waals surface area (Å²) in [5.41, 5.74) is 2.92. The number of fused-ring (bicyclic) bond motifs is 1. The Morgan fingerprint density at radius 1 is 1.10 bits per heavy atom. The lowest BCUT2D eigenvalue weighted by Crippen LogP contribution is -2.36. The maximum atomic E-state index is 11.0. The molecule has 4 unspecified atom stereocenters. The summed E-state index contributed by atoms with van der Waals surface area (Å²) in [7, 11) is 0. The van der Waals surface area contributed by atoms with Gasteiger partial charge in [-0.25, -0.2) is 0 Å². The van der Waals surface area contributed by atoms with Gasteiger partial charge in [-0.3, -0.25) is 0 Å². The Hall–Kier alpha value is -0.820. The highest BCUT2D eigenvalue weighted by molar-refractivity contribution is 5.33. The summed E-state index contributed by atoms with van der Waals surface area (Å²) in [6.07, 6.45) is 9.95. The third-order valence-electron chi connectivity index (χ3n) is 5.76. The van der Waals surface area contributed by atoms with E-state index in [-0.39, 0.29) is 6.10 Å². The molecule has 1 aromatic carbocycles. The van der Waals surface area contributed by atoms with Crippen molar-refractivity contribution in [3.05, 3.63) is 35.4 Å². The summed E-state index contributed by atoms with van der Waals surface area (Å²) in [5.74, 6) is 1.66. The van der Waals surface area contributed by atoms with Crippen molar-refractivity contribution in [1.82, 2.24) is 0 Å². The Morgan fingerprint density at radius 3 is 2.75 bits per heavy atom. The molecule has 2 aliphatic carbocycles. The van der Waals surface area contributed by atoms with Crippen molar-refractivity contribution in [1.29, 1.82) is 0 Å². The van der Waals surface area contributed by atoms with Gasteiger partial charge in [-0.1, -0.05) is 56.9 Å². The third-order valence-corrected chi connectivity index (χ3v) is 5.76. The molecule has 0 radical (unpaired) electrons. The molecule has 0 saturated heterocycles. The van der Waals surface area contributed by atoms with Gasteiger partial charge in [-0.2, -0.15) is 0 Å². The van der Waals surface area contributed by atoms with Gasteiger partial charge in [0.2, 0.25) is 0 Å². The van der Waals surface area contributed by atoms with Crippen LogP contribution in [0, 0.1) is 11.8 Å². The Balaban J connectivity index is 1.82. The molecule has 1 saturated carbocycles. The van der Waals surface area contributed by atoms with Crippen molar-refractivity contribution in [2.75, 3.05) is 0 Å². The van der Waals surface area contributed by atoms with E-state index in [2.05, 4.69) is 31.2 Å². The molecule has 0 amide bonds. The second-order valence-corrected chi connectivity index (χ2v) is 6.80. The van der Waals surface area contributed by atoms with Gasteiger partial charge in [0.1, 0.15) is 0 Å². The fourth-order valence-corrected chi connectivity index (χ4v) is 4.64. The zero-order valence-corrected chi connectivity index (χ0v) is 12.7. The molecule has 0 aromatic heterocycles. The summed E-state index contributed by atoms with van der Waals surface area (Å²) in [6.45, 7) is 2.30. The van der Waals surface area contributed by atoms with E-state index in [0.717, 1.165) is 5.92 Å². The Bertz CT molecular complexity index is 439. The average molecular weight is 272 g/mol. The number of hydrogen-bond acceptors (Lipinski definition) is 1. The van der Waals surface area contributed by atoms with Gasteiger partial charge in [-0.15, -0.1) is 0 Å². The van der Waals surface area contributed by atoms with Crippen molar-refractivity contribution < 1.29 is 5.11 Å². The molecule has 0 bridgehead atoms. The highest BCUT2D eigenvalue weighted by Crippen LogP contribution is 2.42. The fourth-order valence-electron chi connectivity index (χ4n) is 4.64. The molecule has 4 atom stereocenters. The summed E-state index contributed by atoms with van der Waals surface area (Å²) in [5, 5.41) is 11.0. The Labute approximate surface area is 123 Å². The van der Waals surface area contributed by atoms with E-state index in [1.54, 1.807) is 0 Å². The van der Waals surface area contributed by atoms with E-state index in [9.17, 15) is 5.11 Å². The first kappa shape index (κ1) is 14.1. The number of hydrogen-bond donors (Lipinski definition) is 1. The van der Waals surface area contributed by atoms with Crippen LogP contribution in [0.3, 0.4) is 0 Å². The molecular formula is C19H28O. The molecule has 0 spiro atoms. The van der Waals surface area contributed by atoms with E-state index in [4.69, 9.17) is 0 Å². The zero-order chi connectivity index (χ0) is 13.9. The largest absolute Gasteiger partial charge is 0.392 e. The fraction of sp³-hybridized carbons (Fsp3) is 0.684. The molecule has 20 heavy (non-hydrogen) atoms. The number of benzene rings is 1. The Kier molecular flexibility index (Phi) is 4.45. The van der Waals surface area contributed by atoms with Crippen molar-refractivity contribution in [3.8, 4) is 0 Å². The maximum absolute atomic E-state index is 11.0. The lowest BCUT2D eigenvalue weighted by Gasteiger charge is -2.39. The first-order chi connectivity index (χ1) is 9.81. The molecule has 3 rings (SSSR count). The first-order valence-corrected chi connectivity index (χ1v) is 8.57. The summed E-state index contributed by atoms with van der Waals surface area (Å²) in [6, 6.07) is 8.80. The standard InChI is InChI=1S/C19H28O/c1-2-14-8-3-6-12-17(14)19(20)18-13-7-10-15-9-4-5-11-16(15)18/h4-5,9,11,14,17-20H,2-3,6-8,10,12-13H2,1H3. The quantitative estimate of drug-likeness (QED) is 0.846. The number of aryl methyl sites for hydroxylation is 1. The van der Waals surface area contributed by atoms with Crippen molar-refractivity contribution in [2.24, 2.45) is 11.8 Å². The number of aliphatic hydroxyl groups excluding tert-OH is 1. The molecule has 1 heteroatoms. The summed E-state index contributed by atoms with van der Waals surface area (Å²) < 4.78 is 0. The molecule has 0 heterocycles. The van der Waals surface area contributed by atoms with E-state index < -0.39 is 0 Å². The van der Waals surface area contributed by atoms with Gasteiger partial charge in [0.25, 0.3) is 0 Å². The van der Waals surface area contributed by atoms with Crippen LogP contribution < -0.4 is 0 Å². The van der Waals surface area contributed by atoms with Gasteiger partial charge in [0.05, 0.1) is 6.10 Å². The van der Waals surface area contributed by atoms with Crippen LogP contribution in [0.2, 0.25) is 0 Å². The minimum Gasteiger partial charge on any atom is -0.392 e. The number of aliphatic hydroxyl groups is 1. The molecule has 0 aliphatic heterocycles. The van der Waals surface area contributed by atoms with Crippen LogP contribution >= 0.6 is 0 Å². The van der Waals surface area contributed by atoms with E-state index in [1.807, 2.05) is 0 Å². The smallest absolute Gasteiger partial charge is 0.0639 e. The van der Waals surface area contributed by atoms with Crippen LogP contribution in [0.15, 0.2) is 24.3 Å². The van der Waals surface area contributed by atoms with Gasteiger partial charge in [0, 0.05) is 5.92 Å². The lowest BCUT2D eigenvalue weighted by molar-refractivity contribution is 0.0219. The second-order valence-electron chi connectivity index (χ2n) is 6.80. The topological polar surface area (TPSA) is 20.2 Å². The molecule has 2 aliphatic rings. The van der Waals surface area contributed by atoms with E-state index in [0.29, 0.717) is 11.8 Å². The molecule has 1 fully saturated rings. The Morgan fingerprint density at radius 2 is 1.90 bits per heavy atom. The first-order valence-electron chi connectivity index (χ1n) is 8.57. The molecule has 110 valence electrons. The SMILES string of the molecule is CCC1CCCCC1C(O)C1CCCc2ccccc21. The van der Waals surface area contributed by atoms with Gasteiger partial charge in [-0.05, 0) is 48.6 Å². The van der Waals surface area contributed by atoms with Crippen molar-refractivity contribution >= 4 is 0 Å². The number of rotatable bonds is 3. The minimum atomic E-state index is -0.123. The zero-order valence-electron chi connectivity index (χ0n) is 12.7. The average Bonchev–Trinajstić information content (AvgIpc) is 2.53. The molecule has 1 nitrogen and oxygen atoms in total. The summed E-state index contributed by atoms with van der Waals surface area (Å²) in [4.78, 5) is 0. The van der Waals surface area contributed by atoms with Gasteiger partial charge < -0.3 is 5.11 Å². The van der Waals surface area contributed by atoms with Gasteiger partial charge in [0.15, 0.2) is 0 Å². The normalized spacial score (nSPS) is 31.6. The van der Waals surface area contributed by atoms with Crippen LogP contribution in [0.1, 0.15) is 68.9 Å². The monoisotopic (exact) mass is 272 g/mol. The highest BCUT2D eigenvalue weighted by atomic mass is 16.3. The maximum Gasteiger partial charge on any atom is 0.0639 e. The predicted molar refractivity (Wildman–Crippen MR) is 83.9 cm³/mol. The second kappa shape index (κ2) is 6.30. The highest BCUT2D eigenvalue weighted by Gasteiger charge is 2.36. The van der Waals surface area contributed by atoms with Crippen LogP contribution in [0.25, 0.3) is 0 Å². The van der Waals surface area contributed by atoms with Crippen LogP contribution in [0.5, 0.6) is 0 Å². The van der Waals surface area contributed by atoms with Crippen molar-refractivity contribution in [2.45, 2.75) is 70.3 Å². The summed E-state index contributed by atoms with van der Waals surface area (Å²) >= 11 is 0. The van der Waals surface area contributed by atoms with E-state index in [1.165, 1.54) is 62.5 Å². The van der Waals surface area contributed by atoms with Crippen LogP contribution in [-0.2, 0) is 6.42 Å². The predicted octanol–water partition coefficient (Wildman–Crippen LogP) is 4.68. The molecular weight excluding hydrogens is 244 g/mol.